The highest BCUT2D eigenvalue weighted by Crippen LogP contribution is 2.32. The number of amides is 4. The second kappa shape index (κ2) is 9.07. The van der Waals surface area contributed by atoms with Crippen molar-refractivity contribution in [3.05, 3.63) is 86.2 Å². The number of anilines is 1. The van der Waals surface area contributed by atoms with E-state index in [0.717, 1.165) is 4.90 Å². The number of imide groups is 2. The molecule has 3 aromatic rings. The van der Waals surface area contributed by atoms with Crippen molar-refractivity contribution >= 4 is 46.9 Å². The monoisotopic (exact) mass is 494 g/mol. The molecule has 35 heavy (non-hydrogen) atoms. The van der Waals surface area contributed by atoms with Gasteiger partial charge in [0.15, 0.2) is 0 Å². The van der Waals surface area contributed by atoms with Crippen molar-refractivity contribution < 1.29 is 24.0 Å². The Labute approximate surface area is 204 Å². The normalized spacial score (nSPS) is 14.9. The van der Waals surface area contributed by atoms with E-state index in [-0.39, 0.29) is 16.9 Å². The van der Waals surface area contributed by atoms with Crippen molar-refractivity contribution in [2.45, 2.75) is 13.8 Å². The minimum Gasteiger partial charge on any atom is -0.496 e. The molecule has 0 atom stereocenters. The van der Waals surface area contributed by atoms with Crippen LogP contribution in [0.1, 0.15) is 17.0 Å². The smallest absolute Gasteiger partial charge is 0.335 e. The van der Waals surface area contributed by atoms with Crippen LogP contribution in [0.5, 0.6) is 5.75 Å². The Hall–Kier alpha value is -4.44. The number of hydrogen-bond acceptors (Lipinski definition) is 6. The number of carbonyl (C=O) groups is 3. The molecule has 0 aliphatic carbocycles. The molecule has 0 bridgehead atoms. The van der Waals surface area contributed by atoms with Crippen LogP contribution in [0, 0.1) is 24.0 Å². The van der Waals surface area contributed by atoms with Crippen LogP contribution in [0.3, 0.4) is 0 Å². The van der Waals surface area contributed by atoms with E-state index in [1.807, 2.05) is 0 Å². The summed E-state index contributed by atoms with van der Waals surface area (Å²) in [5.41, 5.74) is 1.79. The Kier molecular flexibility index (Phi) is 6.14. The van der Waals surface area contributed by atoms with Gasteiger partial charge in [0.1, 0.15) is 17.0 Å². The third-order valence-electron chi connectivity index (χ3n) is 5.58. The van der Waals surface area contributed by atoms with Crippen LogP contribution in [0.4, 0.5) is 16.2 Å². The minimum atomic E-state index is -0.876. The Morgan fingerprint density at radius 3 is 2.37 bits per heavy atom. The lowest BCUT2D eigenvalue weighted by Crippen LogP contribution is -2.54. The molecule has 11 heteroatoms. The topological polar surface area (TPSA) is 124 Å². The zero-order valence-electron chi connectivity index (χ0n) is 18.9. The van der Waals surface area contributed by atoms with E-state index in [1.165, 1.54) is 43.5 Å². The average molecular weight is 495 g/mol. The Morgan fingerprint density at radius 1 is 1.06 bits per heavy atom. The zero-order chi connectivity index (χ0) is 25.4. The number of methoxy groups -OCH3 is 1. The first-order valence-corrected chi connectivity index (χ1v) is 10.7. The standard InChI is InChI=1S/C24H19ClN4O6/c1-13-10-15(14(2)27(13)20-9-8-18(35-3)12-21(20)29(33)34)11-19-22(30)26-24(32)28(23(19)31)17-6-4-16(25)5-7-17/h4-12H,1-3H3,(H,26,30,32)/b19-11+. The van der Waals surface area contributed by atoms with Crippen LogP contribution in [-0.2, 0) is 9.59 Å². The number of urea groups is 1. The summed E-state index contributed by atoms with van der Waals surface area (Å²) >= 11 is 5.89. The largest absolute Gasteiger partial charge is 0.496 e. The van der Waals surface area contributed by atoms with Gasteiger partial charge in [0.05, 0.1) is 23.8 Å². The van der Waals surface area contributed by atoms with Crippen molar-refractivity contribution in [1.82, 2.24) is 9.88 Å². The van der Waals surface area contributed by atoms with Gasteiger partial charge in [-0.15, -0.1) is 0 Å². The van der Waals surface area contributed by atoms with Gasteiger partial charge in [-0.2, -0.15) is 0 Å². The molecule has 2 heterocycles. The summed E-state index contributed by atoms with van der Waals surface area (Å²) in [7, 11) is 1.42. The summed E-state index contributed by atoms with van der Waals surface area (Å²) in [4.78, 5) is 50.1. The number of nitrogens with one attached hydrogen (secondary N) is 1. The summed E-state index contributed by atoms with van der Waals surface area (Å²) in [5.74, 6) is -1.31. The lowest BCUT2D eigenvalue weighted by molar-refractivity contribution is -0.384. The molecule has 1 N–H and O–H groups in total. The average Bonchev–Trinajstić information content (AvgIpc) is 3.09. The summed E-state index contributed by atoms with van der Waals surface area (Å²) < 4.78 is 6.75. The number of nitro groups is 1. The molecule has 1 saturated heterocycles. The number of aromatic nitrogens is 1. The molecule has 1 aromatic heterocycles. The van der Waals surface area contributed by atoms with Crippen molar-refractivity contribution in [1.29, 1.82) is 0 Å². The van der Waals surface area contributed by atoms with Crippen LogP contribution in [0.2, 0.25) is 5.02 Å². The lowest BCUT2D eigenvalue weighted by Gasteiger charge is -2.26. The van der Waals surface area contributed by atoms with Crippen molar-refractivity contribution in [3.63, 3.8) is 0 Å². The number of halogens is 1. The number of nitrogens with zero attached hydrogens (tertiary/aromatic N) is 3. The van der Waals surface area contributed by atoms with Crippen molar-refractivity contribution in [3.8, 4) is 11.4 Å². The van der Waals surface area contributed by atoms with Gasteiger partial charge in [-0.3, -0.25) is 25.0 Å². The van der Waals surface area contributed by atoms with Gasteiger partial charge in [-0.25, -0.2) is 9.69 Å². The fourth-order valence-electron chi connectivity index (χ4n) is 3.91. The molecule has 178 valence electrons. The molecular weight excluding hydrogens is 476 g/mol. The number of aryl methyl sites for hydroxylation is 1. The van der Waals surface area contributed by atoms with Gasteiger partial charge < -0.3 is 9.30 Å². The first kappa shape index (κ1) is 23.7. The highest BCUT2D eigenvalue weighted by molar-refractivity contribution is 6.39. The predicted molar refractivity (Wildman–Crippen MR) is 129 cm³/mol. The maximum Gasteiger partial charge on any atom is 0.335 e. The summed E-state index contributed by atoms with van der Waals surface area (Å²) in [6.45, 7) is 3.45. The number of benzene rings is 2. The molecule has 2 aromatic carbocycles. The molecule has 0 unspecified atom stereocenters. The van der Waals surface area contributed by atoms with Gasteiger partial charge in [0.2, 0.25) is 0 Å². The molecule has 4 amide bonds. The molecule has 0 saturated carbocycles. The van der Waals surface area contributed by atoms with E-state index in [1.54, 1.807) is 36.6 Å². The molecular formula is C24H19ClN4O6. The molecule has 0 radical (unpaired) electrons. The number of carbonyl (C=O) groups excluding carboxylic acids is 3. The number of ether oxygens (including phenoxy) is 1. The Balaban J connectivity index is 1.79. The van der Waals surface area contributed by atoms with Gasteiger partial charge in [0, 0.05) is 16.4 Å². The van der Waals surface area contributed by atoms with Gasteiger partial charge in [0.25, 0.3) is 17.5 Å². The van der Waals surface area contributed by atoms with E-state index in [0.29, 0.717) is 33.4 Å². The summed E-state index contributed by atoms with van der Waals surface area (Å²) in [6, 6.07) is 11.3. The van der Waals surface area contributed by atoms with Crippen LogP contribution >= 0.6 is 11.6 Å². The molecule has 1 aliphatic rings. The third-order valence-corrected chi connectivity index (χ3v) is 5.83. The first-order chi connectivity index (χ1) is 16.6. The van der Waals surface area contributed by atoms with Crippen molar-refractivity contribution in [2.24, 2.45) is 0 Å². The maximum atomic E-state index is 13.2. The number of rotatable bonds is 5. The summed E-state index contributed by atoms with van der Waals surface area (Å²) in [5, 5.41) is 14.3. The lowest BCUT2D eigenvalue weighted by atomic mass is 10.1. The van der Waals surface area contributed by atoms with Gasteiger partial charge >= 0.3 is 6.03 Å². The Morgan fingerprint density at radius 2 is 1.74 bits per heavy atom. The molecule has 1 fully saturated rings. The second-order valence-corrected chi connectivity index (χ2v) is 8.14. The number of hydrogen-bond donors (Lipinski definition) is 1. The molecule has 0 spiro atoms. The van der Waals surface area contributed by atoms with E-state index in [9.17, 15) is 24.5 Å². The fraction of sp³-hybridized carbons (Fsp3) is 0.125. The summed E-state index contributed by atoms with van der Waals surface area (Å²) in [6.07, 6.45) is 1.36. The van der Waals surface area contributed by atoms with Gasteiger partial charge in [-0.05, 0) is 68.0 Å². The van der Waals surface area contributed by atoms with Crippen molar-refractivity contribution in [2.75, 3.05) is 12.0 Å². The van der Waals surface area contributed by atoms with E-state index >= 15 is 0 Å². The van der Waals surface area contributed by atoms with Crippen LogP contribution in [-0.4, -0.2) is 34.4 Å². The Bertz CT molecular complexity index is 1420. The number of nitro benzene ring substituents is 1. The highest BCUT2D eigenvalue weighted by atomic mass is 35.5. The maximum absolute atomic E-state index is 13.2. The minimum absolute atomic E-state index is 0.170. The van der Waals surface area contributed by atoms with Crippen LogP contribution in [0.25, 0.3) is 11.8 Å². The zero-order valence-corrected chi connectivity index (χ0v) is 19.6. The quantitative estimate of drug-likeness (QED) is 0.243. The highest BCUT2D eigenvalue weighted by Gasteiger charge is 2.37. The number of barbiturate groups is 1. The van der Waals surface area contributed by atoms with Crippen LogP contribution < -0.4 is 15.0 Å². The van der Waals surface area contributed by atoms with Gasteiger partial charge in [-0.1, -0.05) is 11.6 Å². The van der Waals surface area contributed by atoms with E-state index < -0.39 is 22.8 Å². The SMILES string of the molecule is COc1ccc(-n2c(C)cc(/C=C3\C(=O)NC(=O)N(c4ccc(Cl)cc4)C3=O)c2C)c([N+](=O)[O-])c1. The molecule has 1 aliphatic heterocycles. The predicted octanol–water partition coefficient (Wildman–Crippen LogP) is 4.33. The second-order valence-electron chi connectivity index (χ2n) is 7.71. The molecule has 4 rings (SSSR count). The fourth-order valence-corrected chi connectivity index (χ4v) is 4.03. The van der Waals surface area contributed by atoms with E-state index in [2.05, 4.69) is 5.32 Å². The van der Waals surface area contributed by atoms with E-state index in [4.69, 9.17) is 16.3 Å². The molecule has 10 nitrogen and oxygen atoms in total. The van der Waals surface area contributed by atoms with Crippen LogP contribution in [0.15, 0.2) is 54.1 Å². The third kappa shape index (κ3) is 4.26. The first-order valence-electron chi connectivity index (χ1n) is 10.3.